The van der Waals surface area contributed by atoms with Gasteiger partial charge in [-0.15, -0.1) is 0 Å². The Morgan fingerprint density at radius 3 is 2.50 bits per heavy atom. The van der Waals surface area contributed by atoms with Gasteiger partial charge in [0.2, 0.25) is 0 Å². The molecule has 2 heterocycles. The van der Waals surface area contributed by atoms with Gasteiger partial charge in [-0.05, 0) is 42.5 Å². The van der Waals surface area contributed by atoms with Gasteiger partial charge in [0.05, 0.1) is 16.7 Å². The van der Waals surface area contributed by atoms with Crippen LogP contribution < -0.4 is 5.32 Å². The molecule has 0 radical (unpaired) electrons. The fourth-order valence-corrected chi connectivity index (χ4v) is 3.60. The number of para-hydroxylation sites is 1. The number of hydrogen-bond donors (Lipinski definition) is 1. The van der Waals surface area contributed by atoms with Gasteiger partial charge in [0, 0.05) is 44.1 Å². The Bertz CT molecular complexity index is 1260. The number of benzene rings is 3. The zero-order chi connectivity index (χ0) is 17.5. The summed E-state index contributed by atoms with van der Waals surface area (Å²) in [5.74, 6) is 0. The topological polar surface area (TPSA) is 37.8 Å². The second-order valence-corrected chi connectivity index (χ2v) is 7.11. The maximum atomic E-state index is 4.95. The number of anilines is 2. The molecule has 0 bridgehead atoms. The third kappa shape index (κ3) is 2.50. The van der Waals surface area contributed by atoms with E-state index >= 15 is 0 Å². The summed E-state index contributed by atoms with van der Waals surface area (Å²) in [6.45, 7) is 0. The SMILES string of the molecule is Brc1ccc(Nc2c3ccccc3nc3c2ccc2cnccc23)cc1. The summed E-state index contributed by atoms with van der Waals surface area (Å²) in [7, 11) is 0. The van der Waals surface area contributed by atoms with E-state index in [0.717, 1.165) is 48.4 Å². The average molecular weight is 400 g/mol. The standard InChI is InChI=1S/C22H14BrN3/c23-15-6-8-16(9-7-15)25-22-18-3-1-2-4-20(18)26-21-17-11-12-24-13-14(17)5-10-19(21)22/h1-13H,(H,25,26). The van der Waals surface area contributed by atoms with Gasteiger partial charge in [0.25, 0.3) is 0 Å². The van der Waals surface area contributed by atoms with E-state index in [2.05, 4.69) is 62.6 Å². The minimum Gasteiger partial charge on any atom is -0.354 e. The molecule has 0 aliphatic rings. The number of halogens is 1. The van der Waals surface area contributed by atoms with Gasteiger partial charge in [-0.3, -0.25) is 4.98 Å². The maximum absolute atomic E-state index is 4.95. The molecule has 3 nitrogen and oxygen atoms in total. The van der Waals surface area contributed by atoms with Crippen molar-refractivity contribution in [2.45, 2.75) is 0 Å². The molecular weight excluding hydrogens is 386 g/mol. The number of rotatable bonds is 2. The van der Waals surface area contributed by atoms with Gasteiger partial charge in [-0.2, -0.15) is 0 Å². The van der Waals surface area contributed by atoms with Crippen molar-refractivity contribution in [3.05, 3.63) is 83.6 Å². The fourth-order valence-electron chi connectivity index (χ4n) is 3.33. The molecule has 0 atom stereocenters. The first-order valence-electron chi connectivity index (χ1n) is 8.37. The van der Waals surface area contributed by atoms with Crippen LogP contribution in [0.5, 0.6) is 0 Å². The molecular formula is C22H14BrN3. The molecule has 26 heavy (non-hydrogen) atoms. The van der Waals surface area contributed by atoms with Gasteiger partial charge >= 0.3 is 0 Å². The van der Waals surface area contributed by atoms with Crippen molar-refractivity contribution in [1.82, 2.24) is 9.97 Å². The number of pyridine rings is 2. The molecule has 5 aromatic rings. The minimum atomic E-state index is 0.976. The van der Waals surface area contributed by atoms with Crippen molar-refractivity contribution in [3.8, 4) is 0 Å². The average Bonchev–Trinajstić information content (AvgIpc) is 2.69. The molecule has 3 aromatic carbocycles. The van der Waals surface area contributed by atoms with Crippen molar-refractivity contribution in [3.63, 3.8) is 0 Å². The summed E-state index contributed by atoms with van der Waals surface area (Å²) >= 11 is 3.49. The summed E-state index contributed by atoms with van der Waals surface area (Å²) in [4.78, 5) is 9.18. The molecule has 0 saturated carbocycles. The number of nitrogens with one attached hydrogen (secondary N) is 1. The van der Waals surface area contributed by atoms with E-state index in [4.69, 9.17) is 4.98 Å². The Kier molecular flexibility index (Phi) is 3.57. The lowest BCUT2D eigenvalue weighted by Gasteiger charge is -2.14. The van der Waals surface area contributed by atoms with Crippen LogP contribution in [0, 0.1) is 0 Å². The molecule has 0 fully saturated rings. The van der Waals surface area contributed by atoms with Crippen molar-refractivity contribution in [2.24, 2.45) is 0 Å². The monoisotopic (exact) mass is 399 g/mol. The smallest absolute Gasteiger partial charge is 0.0810 e. The van der Waals surface area contributed by atoms with Crippen LogP contribution >= 0.6 is 15.9 Å². The first-order chi connectivity index (χ1) is 12.8. The Morgan fingerprint density at radius 2 is 1.62 bits per heavy atom. The van der Waals surface area contributed by atoms with Crippen LogP contribution in [0.1, 0.15) is 0 Å². The zero-order valence-electron chi connectivity index (χ0n) is 13.8. The molecule has 0 aliphatic heterocycles. The van der Waals surface area contributed by atoms with Crippen molar-refractivity contribution in [1.29, 1.82) is 0 Å². The molecule has 1 N–H and O–H groups in total. The van der Waals surface area contributed by atoms with E-state index in [1.165, 1.54) is 0 Å². The van der Waals surface area contributed by atoms with E-state index in [-0.39, 0.29) is 0 Å². The van der Waals surface area contributed by atoms with Gasteiger partial charge < -0.3 is 5.32 Å². The predicted molar refractivity (Wildman–Crippen MR) is 112 cm³/mol. The Morgan fingerprint density at radius 1 is 0.769 bits per heavy atom. The predicted octanol–water partition coefficient (Wildman–Crippen LogP) is 6.44. The van der Waals surface area contributed by atoms with E-state index in [0.29, 0.717) is 0 Å². The van der Waals surface area contributed by atoms with Crippen LogP contribution in [-0.2, 0) is 0 Å². The van der Waals surface area contributed by atoms with Gasteiger partial charge in [0.15, 0.2) is 0 Å². The molecule has 124 valence electrons. The molecule has 2 aromatic heterocycles. The summed E-state index contributed by atoms with van der Waals surface area (Å²) in [6.07, 6.45) is 3.70. The van der Waals surface area contributed by atoms with Gasteiger partial charge in [-0.1, -0.05) is 40.2 Å². The molecule has 0 spiro atoms. The summed E-state index contributed by atoms with van der Waals surface area (Å²) in [5.41, 5.74) is 4.08. The Balaban J connectivity index is 1.85. The molecule has 4 heteroatoms. The fraction of sp³-hybridized carbons (Fsp3) is 0. The Hall–Kier alpha value is -2.98. The van der Waals surface area contributed by atoms with E-state index < -0.39 is 0 Å². The van der Waals surface area contributed by atoms with Gasteiger partial charge in [0.1, 0.15) is 0 Å². The van der Waals surface area contributed by atoms with Crippen LogP contribution in [0.4, 0.5) is 11.4 Å². The highest BCUT2D eigenvalue weighted by atomic mass is 79.9. The second kappa shape index (κ2) is 6.07. The maximum Gasteiger partial charge on any atom is 0.0810 e. The first-order valence-corrected chi connectivity index (χ1v) is 9.17. The van der Waals surface area contributed by atoms with Crippen LogP contribution in [-0.4, -0.2) is 9.97 Å². The quantitative estimate of drug-likeness (QED) is 0.274. The molecule has 0 saturated heterocycles. The van der Waals surface area contributed by atoms with E-state index in [1.54, 1.807) is 0 Å². The number of hydrogen-bond acceptors (Lipinski definition) is 3. The van der Waals surface area contributed by atoms with Crippen LogP contribution in [0.15, 0.2) is 83.6 Å². The highest BCUT2D eigenvalue weighted by molar-refractivity contribution is 9.10. The largest absolute Gasteiger partial charge is 0.354 e. The molecule has 5 rings (SSSR count). The van der Waals surface area contributed by atoms with Crippen LogP contribution in [0.2, 0.25) is 0 Å². The third-order valence-electron chi connectivity index (χ3n) is 4.58. The van der Waals surface area contributed by atoms with Crippen molar-refractivity contribution < 1.29 is 0 Å². The summed E-state index contributed by atoms with van der Waals surface area (Å²) in [6, 6.07) is 22.7. The van der Waals surface area contributed by atoms with Crippen molar-refractivity contribution in [2.75, 3.05) is 5.32 Å². The number of nitrogens with zero attached hydrogens (tertiary/aromatic N) is 2. The van der Waals surface area contributed by atoms with Gasteiger partial charge in [-0.25, -0.2) is 4.98 Å². The lowest BCUT2D eigenvalue weighted by molar-refractivity contribution is 1.36. The zero-order valence-corrected chi connectivity index (χ0v) is 15.4. The molecule has 0 aliphatic carbocycles. The van der Waals surface area contributed by atoms with Crippen LogP contribution in [0.25, 0.3) is 32.6 Å². The molecule has 0 amide bonds. The van der Waals surface area contributed by atoms with E-state index in [1.807, 2.05) is 42.7 Å². The number of fused-ring (bicyclic) bond motifs is 4. The third-order valence-corrected chi connectivity index (χ3v) is 5.11. The van der Waals surface area contributed by atoms with Crippen molar-refractivity contribution >= 4 is 59.9 Å². The highest BCUT2D eigenvalue weighted by Gasteiger charge is 2.11. The summed E-state index contributed by atoms with van der Waals surface area (Å²) < 4.78 is 1.06. The Labute approximate surface area is 158 Å². The lowest BCUT2D eigenvalue weighted by atomic mass is 10.0. The second-order valence-electron chi connectivity index (χ2n) is 6.19. The lowest BCUT2D eigenvalue weighted by Crippen LogP contribution is -1.96. The highest BCUT2D eigenvalue weighted by Crippen LogP contribution is 2.36. The summed E-state index contributed by atoms with van der Waals surface area (Å²) in [5, 5.41) is 8.02. The molecule has 0 unspecified atom stereocenters. The first kappa shape index (κ1) is 15.3. The normalized spacial score (nSPS) is 11.3. The van der Waals surface area contributed by atoms with E-state index in [9.17, 15) is 0 Å². The number of aromatic nitrogens is 2. The minimum absolute atomic E-state index is 0.976. The van der Waals surface area contributed by atoms with Crippen LogP contribution in [0.3, 0.4) is 0 Å².